The predicted octanol–water partition coefficient (Wildman–Crippen LogP) is 5.81. The van der Waals surface area contributed by atoms with Gasteiger partial charge in [0.25, 0.3) is 0 Å². The average Bonchev–Trinajstić information content (AvgIpc) is 3.12. The molecule has 0 atom stereocenters. The highest BCUT2D eigenvalue weighted by atomic mass is 32.1. The van der Waals surface area contributed by atoms with E-state index in [9.17, 15) is 0 Å². The van der Waals surface area contributed by atoms with Crippen molar-refractivity contribution < 1.29 is 0 Å². The van der Waals surface area contributed by atoms with Crippen molar-refractivity contribution in [2.45, 2.75) is 51.4 Å². The van der Waals surface area contributed by atoms with Crippen LogP contribution in [0.25, 0.3) is 0 Å². The highest BCUT2D eigenvalue weighted by molar-refractivity contribution is 7.82. The number of aryl methyl sites for hydroxylation is 2. The molecule has 2 aliphatic rings. The third-order valence-electron chi connectivity index (χ3n) is 7.42. The second-order valence-corrected chi connectivity index (χ2v) is 13.7. The summed E-state index contributed by atoms with van der Waals surface area (Å²) >= 11 is 6.60. The van der Waals surface area contributed by atoms with E-state index in [1.807, 2.05) is 0 Å². The Morgan fingerprint density at radius 1 is 0.458 bits per heavy atom. The van der Waals surface area contributed by atoms with Crippen LogP contribution in [0.2, 0.25) is 0 Å². The fourth-order valence-electron chi connectivity index (χ4n) is 5.54. The molecule has 220 valence electrons. The van der Waals surface area contributed by atoms with Gasteiger partial charge in [0.15, 0.2) is 0 Å². The van der Waals surface area contributed by atoms with Crippen molar-refractivity contribution in [3.63, 3.8) is 0 Å². The lowest BCUT2D eigenvalue weighted by atomic mass is 9.82. The largest absolute Gasteiger partial charge is 0.106 e. The van der Waals surface area contributed by atoms with Gasteiger partial charge >= 0.3 is 0 Å². The number of fused-ring (bicyclic) bond motifs is 2. The second kappa shape index (κ2) is 18.9. The smallest absolute Gasteiger partial charge is 0.0839 e. The summed E-state index contributed by atoms with van der Waals surface area (Å²) in [5, 5.41) is 1.92. The van der Waals surface area contributed by atoms with Crippen LogP contribution in [0.15, 0.2) is 24.3 Å². The minimum absolute atomic E-state index is 0.749. The van der Waals surface area contributed by atoms with Crippen LogP contribution in [0.5, 0.6) is 0 Å². The molecule has 0 N–H and O–H groups in total. The zero-order valence-electron chi connectivity index (χ0n) is 26.1. The summed E-state index contributed by atoms with van der Waals surface area (Å²) in [6.07, 6.45) is 29.5. The van der Waals surface area contributed by atoms with Gasteiger partial charge in [-0.3, -0.25) is 0 Å². The molecule has 0 unspecified atom stereocenters. The molecule has 2 aromatic rings. The second-order valence-electron chi connectivity index (χ2n) is 10.1. The van der Waals surface area contributed by atoms with Gasteiger partial charge in [0.2, 0.25) is 0 Å². The Kier molecular flexibility index (Phi) is 13.8. The number of benzene rings is 2. The average molecular weight is 659 g/mol. The number of hydrogen-bond acceptors (Lipinski definition) is 1. The van der Waals surface area contributed by atoms with E-state index in [1.165, 1.54) is 22.3 Å². The number of hydrogen-bond donors (Lipinski definition) is 0. The fraction of sp³-hybridized carbons (Fsp3) is 0.178. The van der Waals surface area contributed by atoms with Gasteiger partial charge in [-0.25, -0.2) is 0 Å². The van der Waals surface area contributed by atoms with Crippen LogP contribution in [0, 0.1) is 143 Å². The van der Waals surface area contributed by atoms with Gasteiger partial charge in [0.1, 0.15) is 0 Å². The summed E-state index contributed by atoms with van der Waals surface area (Å²) < 4.78 is 0. The molecule has 0 radical (unpaired) electrons. The lowest BCUT2D eigenvalue weighted by Gasteiger charge is -2.28. The maximum absolute atomic E-state index is 6.60. The van der Waals surface area contributed by atoms with Gasteiger partial charge in [0, 0.05) is 21.7 Å². The summed E-state index contributed by atoms with van der Waals surface area (Å²) in [7, 11) is -2.78. The first-order valence-corrected chi connectivity index (χ1v) is 18.0. The Hall–Kier alpha value is -5.89. The van der Waals surface area contributed by atoms with Crippen LogP contribution >= 0.6 is 28.1 Å². The monoisotopic (exact) mass is 658 g/mol. The quantitative estimate of drug-likeness (QED) is 0.173. The molecule has 2 aromatic carbocycles. The number of rotatable bonds is 4. The highest BCUT2D eigenvalue weighted by Gasteiger charge is 2.29. The first-order valence-electron chi connectivity index (χ1n) is 14.9. The Bertz CT molecular complexity index is 2100. The first kappa shape index (κ1) is 35.0. The summed E-state index contributed by atoms with van der Waals surface area (Å²) in [6, 6.07) is 8.61. The summed E-state index contributed by atoms with van der Waals surface area (Å²) in [4.78, 5) is 0.749. The summed E-state index contributed by atoms with van der Waals surface area (Å²) in [5.74, 6) is 42.1. The van der Waals surface area contributed by atoms with Crippen LogP contribution in [0.1, 0.15) is 59.1 Å². The maximum Gasteiger partial charge on any atom is 0.0839 e. The molecule has 0 nitrogen and oxygen atoms in total. The molecule has 0 saturated carbocycles. The first-order chi connectivity index (χ1) is 23.6. The molecule has 4 rings (SSSR count). The minimum atomic E-state index is -1.39. The molecular formula is C45H24P2S. The molecule has 0 aromatic heterocycles. The van der Waals surface area contributed by atoms with Crippen molar-refractivity contribution in [2.24, 2.45) is 0 Å². The van der Waals surface area contributed by atoms with Crippen molar-refractivity contribution in [1.29, 1.82) is 0 Å². The molecule has 0 bridgehead atoms. The molecular weight excluding hydrogens is 635 g/mol. The third-order valence-corrected chi connectivity index (χ3v) is 10.9. The standard InChI is InChI=1S/C45H24P2S/c1-5-9-13-21-33-46(34-22-14-10-6-2)41-31-29-37-25-17-19-27-39(37)43(41)45(48)44-40-28-20-18-26-38(40)30-32-42(44)47(35-23-15-11-7-3)36-24-16-12-8-4/h1-4,29-32H,17-20,25-28H2. The van der Waals surface area contributed by atoms with Crippen molar-refractivity contribution in [1.82, 2.24) is 0 Å². The summed E-state index contributed by atoms with van der Waals surface area (Å²) in [5.41, 5.74) is 20.1. The molecule has 0 heterocycles. The molecule has 0 fully saturated rings. The maximum atomic E-state index is 6.60. The predicted molar refractivity (Wildman–Crippen MR) is 208 cm³/mol. The van der Waals surface area contributed by atoms with E-state index in [0.29, 0.717) is 0 Å². The van der Waals surface area contributed by atoms with Crippen LogP contribution in [0.4, 0.5) is 0 Å². The van der Waals surface area contributed by atoms with Crippen LogP contribution < -0.4 is 10.6 Å². The molecule has 48 heavy (non-hydrogen) atoms. The Morgan fingerprint density at radius 3 is 1.12 bits per heavy atom. The van der Waals surface area contributed by atoms with E-state index in [1.54, 1.807) is 0 Å². The van der Waals surface area contributed by atoms with Crippen molar-refractivity contribution >= 4 is 43.5 Å². The molecule has 3 heteroatoms. The number of terminal acetylenes is 4. The zero-order valence-corrected chi connectivity index (χ0v) is 28.7. The van der Waals surface area contributed by atoms with E-state index in [0.717, 1.165) is 78.0 Å². The summed E-state index contributed by atoms with van der Waals surface area (Å²) in [6.45, 7) is 0. The van der Waals surface area contributed by atoms with Crippen LogP contribution in [0.3, 0.4) is 0 Å². The van der Waals surface area contributed by atoms with Crippen molar-refractivity contribution in [3.8, 4) is 143 Å². The van der Waals surface area contributed by atoms with E-state index in [4.69, 9.17) is 37.9 Å². The van der Waals surface area contributed by atoms with Gasteiger partial charge in [-0.15, -0.1) is 25.7 Å². The SMILES string of the molecule is C#CC#CC#CP(C#CC#CC#C)c1ccc2c(c1C(=S)c1c(P(C#CC#CC#C)C#CC#CC#C)ccc3c1CCCC3)CCCC2. The highest BCUT2D eigenvalue weighted by Crippen LogP contribution is 2.41. The van der Waals surface area contributed by atoms with E-state index >= 15 is 0 Å². The van der Waals surface area contributed by atoms with Gasteiger partial charge < -0.3 is 0 Å². The Balaban J connectivity index is 2.06. The molecule has 0 spiro atoms. The van der Waals surface area contributed by atoms with Crippen LogP contribution in [-0.4, -0.2) is 4.86 Å². The third kappa shape index (κ3) is 9.10. The number of thiocarbonyl (C=S) groups is 1. The van der Waals surface area contributed by atoms with E-state index < -0.39 is 15.8 Å². The van der Waals surface area contributed by atoms with Crippen molar-refractivity contribution in [2.75, 3.05) is 0 Å². The van der Waals surface area contributed by atoms with Crippen molar-refractivity contribution in [3.05, 3.63) is 57.6 Å². The molecule has 2 aliphatic carbocycles. The zero-order chi connectivity index (χ0) is 34.0. The fourth-order valence-corrected chi connectivity index (χ4v) is 8.81. The van der Waals surface area contributed by atoms with Gasteiger partial charge in [0.05, 0.1) is 20.7 Å². The van der Waals surface area contributed by atoms with E-state index in [2.05, 4.69) is 142 Å². The topological polar surface area (TPSA) is 0 Å². The van der Waals surface area contributed by atoms with Gasteiger partial charge in [-0.05, 0) is 191 Å². The Morgan fingerprint density at radius 2 is 0.792 bits per heavy atom. The molecule has 0 aliphatic heterocycles. The molecule has 0 amide bonds. The van der Waals surface area contributed by atoms with Crippen LogP contribution in [-0.2, 0) is 25.7 Å². The Labute approximate surface area is 294 Å². The normalized spacial score (nSPS) is 11.0. The van der Waals surface area contributed by atoms with Gasteiger partial charge in [-0.1, -0.05) is 36.5 Å². The lowest BCUT2D eigenvalue weighted by Crippen LogP contribution is -2.26. The van der Waals surface area contributed by atoms with Gasteiger partial charge in [-0.2, -0.15) is 0 Å². The lowest BCUT2D eigenvalue weighted by molar-refractivity contribution is 0.684. The molecule has 0 saturated heterocycles. The van der Waals surface area contributed by atoms with E-state index in [-0.39, 0.29) is 0 Å². The minimum Gasteiger partial charge on any atom is -0.106 e.